The Labute approximate surface area is 142 Å². The van der Waals surface area contributed by atoms with E-state index in [1.165, 1.54) is 12.4 Å². The minimum Gasteiger partial charge on any atom is -0.465 e. The minimum atomic E-state index is -0.796. The second-order valence-electron chi connectivity index (χ2n) is 5.43. The molecule has 2 aromatic carbocycles. The fraction of sp³-hybridized carbons (Fsp3) is 0.222. The quantitative estimate of drug-likeness (QED) is 0.486. The molecule has 2 atom stereocenters. The van der Waals surface area contributed by atoms with Crippen LogP contribution in [0.3, 0.4) is 0 Å². The molecule has 0 saturated carbocycles. The van der Waals surface area contributed by atoms with E-state index in [4.69, 9.17) is 4.74 Å². The Morgan fingerprint density at radius 3 is 2.50 bits per heavy atom. The Kier molecular flexibility index (Phi) is 4.93. The second kappa shape index (κ2) is 7.12. The largest absolute Gasteiger partial charge is 0.465 e. The van der Waals surface area contributed by atoms with Gasteiger partial charge in [-0.25, -0.2) is 4.79 Å². The van der Waals surface area contributed by atoms with E-state index in [9.17, 15) is 9.59 Å². The molecule has 0 aromatic heterocycles. The predicted molar refractivity (Wildman–Crippen MR) is 95.6 cm³/mol. The number of ether oxygens (including phenoxy) is 1. The van der Waals surface area contributed by atoms with Crippen LogP contribution in [0.2, 0.25) is 0 Å². The summed E-state index contributed by atoms with van der Waals surface area (Å²) in [6, 6.07) is 15.3. The molecular formula is C18H19N2O3P. The van der Waals surface area contributed by atoms with Crippen LogP contribution < -0.4 is 21.2 Å². The van der Waals surface area contributed by atoms with E-state index in [0.29, 0.717) is 16.9 Å². The first-order valence-electron chi connectivity index (χ1n) is 7.68. The Morgan fingerprint density at radius 2 is 1.92 bits per heavy atom. The fourth-order valence-corrected chi connectivity index (χ4v) is 5.25. The molecule has 1 fully saturated rings. The lowest BCUT2D eigenvalue weighted by atomic mass is 10.1. The number of rotatable bonds is 5. The molecule has 1 aliphatic rings. The average molecular weight is 342 g/mol. The molecule has 1 saturated heterocycles. The maximum absolute atomic E-state index is 12.2. The first kappa shape index (κ1) is 16.6. The molecule has 1 amide bonds. The summed E-state index contributed by atoms with van der Waals surface area (Å²) in [5, 5.41) is 8.03. The van der Waals surface area contributed by atoms with Crippen molar-refractivity contribution in [3.8, 4) is 0 Å². The molecule has 2 N–H and O–H groups in total. The number of carbonyl (C=O) groups is 2. The van der Waals surface area contributed by atoms with Gasteiger partial charge in [-0.1, -0.05) is 30.3 Å². The summed E-state index contributed by atoms with van der Waals surface area (Å²) in [6.07, 6.45) is 0. The Hall–Kier alpha value is -2.23. The van der Waals surface area contributed by atoms with Crippen molar-refractivity contribution in [1.82, 2.24) is 10.6 Å². The van der Waals surface area contributed by atoms with Gasteiger partial charge in [0.05, 0.1) is 12.7 Å². The average Bonchev–Trinajstić information content (AvgIpc) is 3.46. The summed E-state index contributed by atoms with van der Waals surface area (Å²) in [5.41, 5.74) is 1.07. The number of hydrogen-bond acceptors (Lipinski definition) is 4. The van der Waals surface area contributed by atoms with Crippen molar-refractivity contribution in [1.29, 1.82) is 0 Å². The van der Waals surface area contributed by atoms with Crippen LogP contribution in [0.1, 0.15) is 20.7 Å². The second-order valence-corrected chi connectivity index (χ2v) is 7.79. The van der Waals surface area contributed by atoms with Crippen LogP contribution in [0.5, 0.6) is 0 Å². The molecule has 0 radical (unpaired) electrons. The van der Waals surface area contributed by atoms with Gasteiger partial charge in [0.2, 0.25) is 0 Å². The van der Waals surface area contributed by atoms with Gasteiger partial charge < -0.3 is 15.4 Å². The van der Waals surface area contributed by atoms with Crippen LogP contribution in [0.25, 0.3) is 0 Å². The molecule has 0 aliphatic carbocycles. The lowest BCUT2D eigenvalue weighted by molar-refractivity contribution is 0.0602. The molecule has 2 aromatic rings. The van der Waals surface area contributed by atoms with Gasteiger partial charge in [-0.2, -0.15) is 0 Å². The third-order valence-electron chi connectivity index (χ3n) is 3.88. The molecule has 5 nitrogen and oxygen atoms in total. The third-order valence-corrected chi connectivity index (χ3v) is 6.62. The molecule has 0 spiro atoms. The zero-order chi connectivity index (χ0) is 17.1. The number of hydrogen-bond donors (Lipinski definition) is 2. The fourth-order valence-electron chi connectivity index (χ4n) is 2.61. The van der Waals surface area contributed by atoms with Crippen LogP contribution >= 0.6 is 7.92 Å². The van der Waals surface area contributed by atoms with Gasteiger partial charge in [0.25, 0.3) is 5.91 Å². The number of methoxy groups -OCH3 is 1. The highest BCUT2D eigenvalue weighted by Gasteiger charge is 2.35. The minimum absolute atomic E-state index is 0.167. The van der Waals surface area contributed by atoms with Crippen molar-refractivity contribution < 1.29 is 14.3 Å². The molecule has 2 unspecified atom stereocenters. The molecule has 24 heavy (non-hydrogen) atoms. The number of esters is 1. The van der Waals surface area contributed by atoms with Gasteiger partial charge >= 0.3 is 5.97 Å². The van der Waals surface area contributed by atoms with Gasteiger partial charge in [-0.3, -0.25) is 4.79 Å². The van der Waals surface area contributed by atoms with Gasteiger partial charge in [0.1, 0.15) is 0 Å². The van der Waals surface area contributed by atoms with Crippen molar-refractivity contribution in [3.05, 3.63) is 59.7 Å². The number of carbonyl (C=O) groups excluding carboxylic acids is 2. The maximum atomic E-state index is 12.2. The number of benzene rings is 2. The molecule has 1 heterocycles. The van der Waals surface area contributed by atoms with Crippen molar-refractivity contribution in [2.45, 2.75) is 5.78 Å². The topological polar surface area (TPSA) is 77.3 Å². The first-order chi connectivity index (χ1) is 11.7. The van der Waals surface area contributed by atoms with E-state index >= 15 is 0 Å². The SMILES string of the molecule is CNC(=O)c1ccc(C(=O)OC)c(P(c2ccccc2)C2CN2)c1. The van der Waals surface area contributed by atoms with E-state index in [1.54, 1.807) is 19.2 Å². The van der Waals surface area contributed by atoms with Gasteiger partial charge in [0.15, 0.2) is 0 Å². The van der Waals surface area contributed by atoms with E-state index < -0.39 is 7.92 Å². The van der Waals surface area contributed by atoms with Crippen LogP contribution in [0.4, 0.5) is 0 Å². The summed E-state index contributed by atoms with van der Waals surface area (Å²) in [4.78, 5) is 24.3. The van der Waals surface area contributed by atoms with E-state index in [1.807, 2.05) is 24.3 Å². The van der Waals surface area contributed by atoms with Crippen LogP contribution in [-0.4, -0.2) is 38.4 Å². The highest BCUT2D eigenvalue weighted by molar-refractivity contribution is 7.74. The summed E-state index contributed by atoms with van der Waals surface area (Å²) in [7, 11) is 2.17. The molecule has 0 bridgehead atoms. The molecular weight excluding hydrogens is 323 g/mol. The summed E-state index contributed by atoms with van der Waals surface area (Å²) in [5.74, 6) is -0.234. The maximum Gasteiger partial charge on any atom is 0.338 e. The third kappa shape index (κ3) is 3.32. The van der Waals surface area contributed by atoms with Crippen molar-refractivity contribution in [2.24, 2.45) is 0 Å². The first-order valence-corrected chi connectivity index (χ1v) is 9.09. The Bertz CT molecular complexity index is 760. The van der Waals surface area contributed by atoms with E-state index in [0.717, 1.165) is 11.8 Å². The summed E-state index contributed by atoms with van der Waals surface area (Å²) in [6.45, 7) is 0.908. The smallest absolute Gasteiger partial charge is 0.338 e. The molecule has 1 aliphatic heterocycles. The highest BCUT2D eigenvalue weighted by Crippen LogP contribution is 2.43. The van der Waals surface area contributed by atoms with E-state index in [2.05, 4.69) is 22.8 Å². The number of nitrogens with one attached hydrogen (secondary N) is 2. The predicted octanol–water partition coefficient (Wildman–Crippen LogP) is 1.19. The van der Waals surface area contributed by atoms with Crippen LogP contribution in [-0.2, 0) is 4.74 Å². The van der Waals surface area contributed by atoms with Gasteiger partial charge in [-0.05, 0) is 36.7 Å². The number of amides is 1. The highest BCUT2D eigenvalue weighted by atomic mass is 31.1. The zero-order valence-electron chi connectivity index (χ0n) is 13.6. The van der Waals surface area contributed by atoms with Crippen LogP contribution in [0, 0.1) is 0 Å². The lowest BCUT2D eigenvalue weighted by Gasteiger charge is -2.20. The molecule has 124 valence electrons. The zero-order valence-corrected chi connectivity index (χ0v) is 14.5. The van der Waals surface area contributed by atoms with Crippen molar-refractivity contribution in [2.75, 3.05) is 20.7 Å². The summed E-state index contributed by atoms with van der Waals surface area (Å²) < 4.78 is 4.94. The Balaban J connectivity index is 2.14. The van der Waals surface area contributed by atoms with Gasteiger partial charge in [0, 0.05) is 24.9 Å². The lowest BCUT2D eigenvalue weighted by Crippen LogP contribution is -2.26. The normalized spacial score (nSPS) is 17.0. The molecule has 3 rings (SSSR count). The summed E-state index contributed by atoms with van der Waals surface area (Å²) >= 11 is 0. The molecule has 6 heteroatoms. The van der Waals surface area contributed by atoms with Crippen molar-refractivity contribution in [3.63, 3.8) is 0 Å². The van der Waals surface area contributed by atoms with Crippen LogP contribution in [0.15, 0.2) is 48.5 Å². The Morgan fingerprint density at radius 1 is 1.21 bits per heavy atom. The standard InChI is InChI=1S/C18H19N2O3P/c1-19-17(21)12-8-9-14(18(22)23-2)15(10-12)24(16-11-20-16)13-6-4-3-5-7-13/h3-10,16,20H,11H2,1-2H3,(H,19,21). The monoisotopic (exact) mass is 342 g/mol. The van der Waals surface area contributed by atoms with E-state index in [-0.39, 0.29) is 11.9 Å². The van der Waals surface area contributed by atoms with Crippen molar-refractivity contribution >= 4 is 30.4 Å². The van der Waals surface area contributed by atoms with Gasteiger partial charge in [-0.15, -0.1) is 0 Å².